The summed E-state index contributed by atoms with van der Waals surface area (Å²) in [7, 11) is 3.22. The van der Waals surface area contributed by atoms with E-state index in [0.29, 0.717) is 22.3 Å². The minimum absolute atomic E-state index is 0.363. The Balaban J connectivity index is 2.16. The molecule has 0 fully saturated rings. The molecule has 0 spiro atoms. The van der Waals surface area contributed by atoms with Crippen LogP contribution in [0.5, 0.6) is 0 Å². The SMILES string of the molecule is CNc1ccc2c(-c3ccccc3C(=O)OC)c3ccc(=N)cc-3oc2c1. The van der Waals surface area contributed by atoms with Crippen molar-refractivity contribution in [3.63, 3.8) is 0 Å². The van der Waals surface area contributed by atoms with Crippen molar-refractivity contribution in [3.05, 3.63) is 71.6 Å². The standard InChI is InChI=1S/C22H18N2O3/c1-24-14-8-10-18-20(12-14)27-19-11-13(23)7-9-17(19)21(18)15-5-3-4-6-16(15)22(25)26-2/h3-12,23-24H,1-2H3. The molecular formula is C22H18N2O3. The van der Waals surface area contributed by atoms with Gasteiger partial charge in [-0.2, -0.15) is 0 Å². The van der Waals surface area contributed by atoms with Gasteiger partial charge in [0, 0.05) is 41.4 Å². The predicted octanol–water partition coefficient (Wildman–Crippen LogP) is 4.51. The molecular weight excluding hydrogens is 340 g/mol. The first-order valence-electron chi connectivity index (χ1n) is 8.53. The number of hydrogen-bond donors (Lipinski definition) is 2. The number of fused-ring (bicyclic) bond motifs is 2. The minimum atomic E-state index is -0.392. The molecule has 2 aromatic rings. The molecule has 1 aliphatic carbocycles. The van der Waals surface area contributed by atoms with Crippen molar-refractivity contribution in [3.8, 4) is 22.5 Å². The van der Waals surface area contributed by atoms with Gasteiger partial charge in [0.15, 0.2) is 0 Å². The van der Waals surface area contributed by atoms with E-state index in [1.165, 1.54) is 7.11 Å². The van der Waals surface area contributed by atoms with Crippen molar-refractivity contribution in [1.82, 2.24) is 0 Å². The number of ether oxygens (including phenoxy) is 1. The first-order valence-corrected chi connectivity index (χ1v) is 8.53. The van der Waals surface area contributed by atoms with Crippen LogP contribution in [-0.4, -0.2) is 20.1 Å². The van der Waals surface area contributed by atoms with Crippen LogP contribution in [0.15, 0.2) is 65.1 Å². The third-order valence-electron chi connectivity index (χ3n) is 4.61. The maximum Gasteiger partial charge on any atom is 0.338 e. The molecule has 2 N–H and O–H groups in total. The predicted molar refractivity (Wildman–Crippen MR) is 105 cm³/mol. The van der Waals surface area contributed by atoms with Crippen LogP contribution in [0.1, 0.15) is 10.4 Å². The normalized spacial score (nSPS) is 10.9. The third-order valence-corrected chi connectivity index (χ3v) is 4.61. The van der Waals surface area contributed by atoms with E-state index in [1.54, 1.807) is 18.2 Å². The summed E-state index contributed by atoms with van der Waals surface area (Å²) in [4.78, 5) is 12.3. The molecule has 0 amide bonds. The first-order chi connectivity index (χ1) is 13.1. The summed E-state index contributed by atoms with van der Waals surface area (Å²) >= 11 is 0. The van der Waals surface area contributed by atoms with E-state index in [2.05, 4.69) is 5.32 Å². The van der Waals surface area contributed by atoms with Crippen LogP contribution in [0.4, 0.5) is 5.69 Å². The number of carbonyl (C=O) groups excluding carboxylic acids is 1. The summed E-state index contributed by atoms with van der Waals surface area (Å²) in [6.45, 7) is 0. The van der Waals surface area contributed by atoms with Gasteiger partial charge in [0.2, 0.25) is 0 Å². The van der Waals surface area contributed by atoms with Gasteiger partial charge < -0.3 is 19.9 Å². The van der Waals surface area contributed by atoms with Crippen molar-refractivity contribution in [2.45, 2.75) is 0 Å². The van der Waals surface area contributed by atoms with E-state index in [9.17, 15) is 4.79 Å². The second kappa shape index (κ2) is 6.61. The van der Waals surface area contributed by atoms with E-state index in [1.807, 2.05) is 49.5 Å². The van der Waals surface area contributed by atoms with E-state index in [4.69, 9.17) is 14.6 Å². The van der Waals surface area contributed by atoms with Gasteiger partial charge in [-0.25, -0.2) is 4.79 Å². The molecule has 0 saturated carbocycles. The fraction of sp³-hybridized carbons (Fsp3) is 0.0909. The highest BCUT2D eigenvalue weighted by Gasteiger charge is 2.21. The second-order valence-electron chi connectivity index (χ2n) is 6.19. The van der Waals surface area contributed by atoms with Crippen molar-refractivity contribution in [2.24, 2.45) is 0 Å². The van der Waals surface area contributed by atoms with Crippen molar-refractivity contribution in [2.75, 3.05) is 19.5 Å². The summed E-state index contributed by atoms with van der Waals surface area (Å²) < 4.78 is 11.1. The summed E-state index contributed by atoms with van der Waals surface area (Å²) in [5.41, 5.74) is 4.57. The maximum atomic E-state index is 12.3. The molecule has 5 heteroatoms. The van der Waals surface area contributed by atoms with E-state index >= 15 is 0 Å². The molecule has 0 saturated heterocycles. The molecule has 2 aromatic carbocycles. The fourth-order valence-corrected chi connectivity index (χ4v) is 3.32. The van der Waals surface area contributed by atoms with Gasteiger partial charge in [0.25, 0.3) is 0 Å². The molecule has 134 valence electrons. The lowest BCUT2D eigenvalue weighted by Gasteiger charge is -2.17. The molecule has 0 bridgehead atoms. The van der Waals surface area contributed by atoms with Gasteiger partial charge in [-0.05, 0) is 35.9 Å². The Kier molecular flexibility index (Phi) is 4.12. The largest absolute Gasteiger partial charge is 0.465 e. The van der Waals surface area contributed by atoms with Crippen molar-refractivity contribution < 1.29 is 13.9 Å². The topological polar surface area (TPSA) is 75.3 Å². The fourth-order valence-electron chi connectivity index (χ4n) is 3.32. The highest BCUT2D eigenvalue weighted by atomic mass is 16.5. The summed E-state index contributed by atoms with van der Waals surface area (Å²) in [5.74, 6) is 0.203. The van der Waals surface area contributed by atoms with Crippen LogP contribution in [0.3, 0.4) is 0 Å². The van der Waals surface area contributed by atoms with Gasteiger partial charge in [0.05, 0.1) is 18.0 Å². The first kappa shape index (κ1) is 16.8. The van der Waals surface area contributed by atoms with E-state index in [0.717, 1.165) is 27.8 Å². The zero-order valence-corrected chi connectivity index (χ0v) is 15.0. The number of rotatable bonds is 3. The van der Waals surface area contributed by atoms with E-state index in [-0.39, 0.29) is 0 Å². The monoisotopic (exact) mass is 358 g/mol. The summed E-state index contributed by atoms with van der Waals surface area (Å²) in [6, 6.07) is 18.5. The lowest BCUT2D eigenvalue weighted by molar-refractivity contribution is 0.0601. The molecule has 0 radical (unpaired) electrons. The smallest absolute Gasteiger partial charge is 0.338 e. The molecule has 1 aliphatic heterocycles. The quantitative estimate of drug-likeness (QED) is 0.417. The molecule has 0 aromatic heterocycles. The summed E-state index contributed by atoms with van der Waals surface area (Å²) in [6.07, 6.45) is 0. The Hall–Kier alpha value is -3.60. The van der Waals surface area contributed by atoms with Gasteiger partial charge in [0.1, 0.15) is 11.3 Å². The highest BCUT2D eigenvalue weighted by Crippen LogP contribution is 2.41. The molecule has 0 atom stereocenters. The number of benzene rings is 3. The molecule has 27 heavy (non-hydrogen) atoms. The Bertz CT molecular complexity index is 1190. The lowest BCUT2D eigenvalue weighted by Crippen LogP contribution is -2.05. The van der Waals surface area contributed by atoms with Crippen LogP contribution in [-0.2, 0) is 4.74 Å². The molecule has 5 nitrogen and oxygen atoms in total. The Labute approximate surface area is 156 Å². The number of anilines is 1. The van der Waals surface area contributed by atoms with Crippen LogP contribution in [0, 0.1) is 5.41 Å². The van der Waals surface area contributed by atoms with Gasteiger partial charge in [-0.15, -0.1) is 0 Å². The zero-order valence-electron chi connectivity index (χ0n) is 15.0. The maximum absolute atomic E-state index is 12.3. The number of methoxy groups -OCH3 is 1. The van der Waals surface area contributed by atoms with Crippen molar-refractivity contribution in [1.29, 1.82) is 5.41 Å². The van der Waals surface area contributed by atoms with Crippen molar-refractivity contribution >= 4 is 22.6 Å². The Morgan fingerprint density at radius 2 is 1.85 bits per heavy atom. The average molecular weight is 358 g/mol. The number of nitrogens with one attached hydrogen (secondary N) is 2. The van der Waals surface area contributed by atoms with Crippen LogP contribution < -0.4 is 10.7 Å². The molecule has 2 aliphatic rings. The number of hydrogen-bond acceptors (Lipinski definition) is 5. The van der Waals surface area contributed by atoms with Gasteiger partial charge in [-0.1, -0.05) is 18.2 Å². The van der Waals surface area contributed by atoms with Gasteiger partial charge in [-0.3, -0.25) is 0 Å². The second-order valence-corrected chi connectivity index (χ2v) is 6.19. The lowest BCUT2D eigenvalue weighted by atomic mass is 9.90. The zero-order chi connectivity index (χ0) is 19.0. The number of esters is 1. The molecule has 0 unspecified atom stereocenters. The Morgan fingerprint density at radius 1 is 1.04 bits per heavy atom. The van der Waals surface area contributed by atoms with Crippen LogP contribution in [0.25, 0.3) is 33.4 Å². The third kappa shape index (κ3) is 2.83. The Morgan fingerprint density at radius 3 is 2.63 bits per heavy atom. The summed E-state index contributed by atoms with van der Waals surface area (Å²) in [5, 5.41) is 12.3. The number of carbonyl (C=O) groups is 1. The van der Waals surface area contributed by atoms with E-state index < -0.39 is 5.97 Å². The van der Waals surface area contributed by atoms with Crippen LogP contribution in [0.2, 0.25) is 0 Å². The average Bonchev–Trinajstić information content (AvgIpc) is 2.70. The minimum Gasteiger partial charge on any atom is -0.465 e. The van der Waals surface area contributed by atoms with Crippen LogP contribution >= 0.6 is 0 Å². The molecule has 1 heterocycles. The van der Waals surface area contributed by atoms with Gasteiger partial charge >= 0.3 is 5.97 Å². The highest BCUT2D eigenvalue weighted by molar-refractivity contribution is 6.08. The molecule has 4 rings (SSSR count).